The summed E-state index contributed by atoms with van der Waals surface area (Å²) in [5, 5.41) is 6.84. The molecule has 2 aliphatic rings. The van der Waals surface area contributed by atoms with Crippen LogP contribution in [0.2, 0.25) is 0 Å². The number of carbonyl (C=O) groups excluding carboxylic acids is 7. The molecule has 32 heteroatoms. The van der Waals surface area contributed by atoms with E-state index in [-0.39, 0.29) is 93.9 Å². The number of rotatable bonds is 54. The number of aryl methyl sites for hydroxylation is 1. The maximum atomic E-state index is 14.5. The third-order valence-corrected chi connectivity index (χ3v) is 19.8. The van der Waals surface area contributed by atoms with Gasteiger partial charge in [0.05, 0.1) is 133 Å². The molecular weight excluding hydrogens is 1450 g/mol. The van der Waals surface area contributed by atoms with Crippen molar-refractivity contribution in [3.63, 3.8) is 0 Å². The number of primary amides is 1. The number of urea groups is 1. The van der Waals surface area contributed by atoms with Gasteiger partial charge in [0.25, 0.3) is 5.56 Å². The second-order valence-electron chi connectivity index (χ2n) is 26.2. The summed E-state index contributed by atoms with van der Waals surface area (Å²) < 4.78 is 95.4. The van der Waals surface area contributed by atoms with Crippen LogP contribution in [0.25, 0.3) is 22.3 Å². The quantitative estimate of drug-likeness (QED) is 0.0109. The number of hydrogen-bond donors (Lipinski definition) is 3. The van der Waals surface area contributed by atoms with E-state index in [2.05, 4.69) is 32.4 Å². The molecule has 3 amide bonds. The number of Topliss-reactive ketones (excluding diaryl/α,β-unsaturated/α-hetero) is 3. The lowest BCUT2D eigenvalue weighted by Gasteiger charge is -2.35. The largest absolute Gasteiger partial charge is 0.510 e. The molecule has 0 spiro atoms. The summed E-state index contributed by atoms with van der Waals surface area (Å²) in [6.07, 6.45) is 9.39. The molecule has 109 heavy (non-hydrogen) atoms. The standard InChI is InChI=1S/C77H104N8O22S2/c1-7-77(67-46-69-70-65(49-84(69)72(90)66(67)53-105-73(77)91)63(64-21-11-12-22-68(64)83-70)25-27-85(54(2)3)109(6,94)95)107-76(93)106-50-58-23-24-59(44-55(58)4)82-71(89)57(17-13-26-79-74(78)92)45-62(88)52-104-51-61(87)20-15-29-97-31-33-99-35-37-101-39-41-103-43-42-102-40-38-100-36-34-98-32-30-96-28-14-19-60(86)18-10-8-9-16-56-47-80-75(108-5)81-48-56/h11-12,21-24,44,46-48,54,57H,7-8,10,13-15,17-20,25-43,45,49-53H2,1-6H3,(H,82,89)(H3,78,79,92)/t57-,77+/m1/s1. The van der Waals surface area contributed by atoms with Crippen LogP contribution in [0, 0.1) is 24.7 Å². The predicted molar refractivity (Wildman–Crippen MR) is 404 cm³/mol. The molecule has 0 bridgehead atoms. The molecule has 0 radical (unpaired) electrons. The van der Waals surface area contributed by atoms with E-state index in [1.807, 2.05) is 30.5 Å². The van der Waals surface area contributed by atoms with Crippen LogP contribution in [0.15, 0.2) is 70.9 Å². The molecule has 0 fully saturated rings. The van der Waals surface area contributed by atoms with E-state index in [0.717, 1.165) is 28.5 Å². The van der Waals surface area contributed by atoms with Crippen molar-refractivity contribution in [2.24, 2.45) is 11.7 Å². The second kappa shape index (κ2) is 47.1. The van der Waals surface area contributed by atoms with Gasteiger partial charge in [-0.25, -0.2) is 37.8 Å². The van der Waals surface area contributed by atoms with Crippen LogP contribution in [0.4, 0.5) is 15.3 Å². The fraction of sp³-hybridized carbons (Fsp3) is 0.571. The molecular formula is C77H104N8O22S2. The van der Waals surface area contributed by atoms with Crippen molar-refractivity contribution in [3.8, 4) is 23.2 Å². The first-order valence-corrected chi connectivity index (χ1v) is 39.9. The van der Waals surface area contributed by atoms with Crippen LogP contribution < -0.4 is 21.9 Å². The van der Waals surface area contributed by atoms with Gasteiger partial charge < -0.3 is 77.8 Å². The third kappa shape index (κ3) is 29.2. The summed E-state index contributed by atoms with van der Waals surface area (Å²) in [7, 11) is -3.55. The Morgan fingerprint density at radius 1 is 0.743 bits per heavy atom. The minimum atomic E-state index is -3.55. The zero-order valence-electron chi connectivity index (χ0n) is 63.3. The number of ether oxygens (including phenoxy) is 12. The van der Waals surface area contributed by atoms with Crippen LogP contribution >= 0.6 is 11.8 Å². The van der Waals surface area contributed by atoms with Gasteiger partial charge in [-0.1, -0.05) is 54.8 Å². The highest BCUT2D eigenvalue weighted by Crippen LogP contribution is 2.43. The summed E-state index contributed by atoms with van der Waals surface area (Å²) in [5.41, 5.74) is 8.23. The van der Waals surface area contributed by atoms with E-state index in [9.17, 15) is 46.8 Å². The number of unbranched alkanes of at least 4 members (excludes halogenated alkanes) is 1. The summed E-state index contributed by atoms with van der Waals surface area (Å²) in [6.45, 7) is 12.5. The molecule has 0 aliphatic carbocycles. The SMILES string of the molecule is CC[C@@]1(OC(=O)OCc2ccc(NC(=O)[C@H](CCCNC(N)=O)CC(=O)COCC(=O)CCCOCCOCCOCCOCCOCCOCCOCCOCCCC(=O)CCCC#Cc3cnc(SC)nc3)cc2C)C(=O)OCc2c1cc1n(c2=O)Cc2c-1nc1ccccc1c2CCN(C(C)C)S(C)(=O)=O. The molecule has 0 saturated heterocycles. The molecule has 596 valence electrons. The maximum Gasteiger partial charge on any atom is 0.510 e. The molecule has 2 aliphatic heterocycles. The molecule has 0 unspecified atom stereocenters. The highest BCUT2D eigenvalue weighted by molar-refractivity contribution is 7.98. The zero-order chi connectivity index (χ0) is 78.4. The summed E-state index contributed by atoms with van der Waals surface area (Å²) in [4.78, 5) is 119. The van der Waals surface area contributed by atoms with Crippen LogP contribution in [-0.2, 0) is 123 Å². The fourth-order valence-electron chi connectivity index (χ4n) is 12.2. The van der Waals surface area contributed by atoms with Gasteiger partial charge in [0.2, 0.25) is 21.5 Å². The van der Waals surface area contributed by atoms with Gasteiger partial charge in [0.15, 0.2) is 16.7 Å². The van der Waals surface area contributed by atoms with Gasteiger partial charge in [-0.05, 0) is 113 Å². The van der Waals surface area contributed by atoms with E-state index in [0.29, 0.717) is 190 Å². The molecule has 30 nitrogen and oxygen atoms in total. The van der Waals surface area contributed by atoms with E-state index in [1.165, 1.54) is 26.9 Å². The van der Waals surface area contributed by atoms with Gasteiger partial charge in [0.1, 0.15) is 32.2 Å². The number of sulfonamides is 1. The molecule has 4 N–H and O–H groups in total. The number of anilines is 1. The lowest BCUT2D eigenvalue weighted by Crippen LogP contribution is -2.47. The van der Waals surface area contributed by atoms with E-state index >= 15 is 0 Å². The number of pyridine rings is 2. The highest BCUT2D eigenvalue weighted by Gasteiger charge is 2.51. The third-order valence-electron chi connectivity index (χ3n) is 17.8. The lowest BCUT2D eigenvalue weighted by molar-refractivity contribution is -0.175. The van der Waals surface area contributed by atoms with Gasteiger partial charge in [0, 0.05) is 105 Å². The monoisotopic (exact) mass is 1560 g/mol. The van der Waals surface area contributed by atoms with Crippen molar-refractivity contribution in [3.05, 3.63) is 110 Å². The Morgan fingerprint density at radius 3 is 1.91 bits per heavy atom. The topological polar surface area (TPSA) is 378 Å². The molecule has 2 aromatic carbocycles. The Kier molecular flexibility index (Phi) is 38.1. The number of ketones is 3. The van der Waals surface area contributed by atoms with Gasteiger partial charge >= 0.3 is 18.2 Å². The Morgan fingerprint density at radius 2 is 1.33 bits per heavy atom. The van der Waals surface area contributed by atoms with Gasteiger partial charge in [-0.3, -0.25) is 24.0 Å². The molecule has 7 rings (SSSR count). The number of nitrogens with two attached hydrogens (primary N) is 1. The van der Waals surface area contributed by atoms with E-state index < -0.39 is 63.6 Å². The predicted octanol–water partition coefficient (Wildman–Crippen LogP) is 7.51. The first kappa shape index (κ1) is 88.0. The maximum absolute atomic E-state index is 14.5. The Bertz CT molecular complexity index is 4060. The fourth-order valence-corrected chi connectivity index (χ4v) is 13.7. The first-order valence-electron chi connectivity index (χ1n) is 36.8. The van der Waals surface area contributed by atoms with E-state index in [1.54, 1.807) is 64.4 Å². The lowest BCUT2D eigenvalue weighted by atomic mass is 9.85. The number of aromatic nitrogens is 4. The van der Waals surface area contributed by atoms with Crippen LogP contribution in [0.5, 0.6) is 0 Å². The minimum absolute atomic E-state index is 0.115. The van der Waals surface area contributed by atoms with Crippen LogP contribution in [-0.4, -0.2) is 224 Å². The number of nitrogens with zero attached hydrogens (tertiary/aromatic N) is 5. The molecule has 2 atom stereocenters. The average molecular weight is 1560 g/mol. The van der Waals surface area contributed by atoms with Crippen LogP contribution in [0.1, 0.15) is 130 Å². The zero-order valence-corrected chi connectivity index (χ0v) is 64.9. The summed E-state index contributed by atoms with van der Waals surface area (Å²) in [6, 6.07) is 12.9. The Balaban J connectivity index is 0.705. The van der Waals surface area contributed by atoms with Crippen molar-refractivity contribution in [1.29, 1.82) is 0 Å². The van der Waals surface area contributed by atoms with Crippen molar-refractivity contribution in [1.82, 2.24) is 29.1 Å². The normalized spacial score (nSPS) is 14.0. The molecule has 0 saturated carbocycles. The van der Waals surface area contributed by atoms with Crippen LogP contribution in [0.3, 0.4) is 0 Å². The van der Waals surface area contributed by atoms with Crippen molar-refractivity contribution < 1.29 is 98.8 Å². The first-order chi connectivity index (χ1) is 52.6. The number of fused-ring (bicyclic) bond motifs is 5. The molecule has 3 aromatic heterocycles. The number of esters is 1. The number of cyclic esters (lactones) is 1. The number of carbonyl (C=O) groups is 7. The van der Waals surface area contributed by atoms with Gasteiger partial charge in [-0.15, -0.1) is 0 Å². The summed E-state index contributed by atoms with van der Waals surface area (Å²) >= 11 is 1.48. The smallest absolute Gasteiger partial charge is 0.457 e. The Labute approximate surface area is 640 Å². The number of nitrogens with one attached hydrogen (secondary N) is 2. The van der Waals surface area contributed by atoms with Crippen molar-refractivity contribution in [2.75, 3.05) is 150 Å². The Hall–Kier alpha value is -8.17. The van der Waals surface area contributed by atoms with Crippen molar-refractivity contribution >= 4 is 79.8 Å². The number of hydrogen-bond acceptors (Lipinski definition) is 26. The number of benzene rings is 2. The molecule has 5 heterocycles. The minimum Gasteiger partial charge on any atom is -0.457 e. The average Bonchev–Trinajstić information content (AvgIpc) is 1.65. The van der Waals surface area contributed by atoms with E-state index in [4.69, 9.17) is 67.6 Å². The van der Waals surface area contributed by atoms with Crippen molar-refractivity contribution in [2.45, 2.75) is 141 Å². The molecule has 5 aromatic rings. The summed E-state index contributed by atoms with van der Waals surface area (Å²) in [5.74, 6) is 3.42. The van der Waals surface area contributed by atoms with Gasteiger partial charge in [-0.2, -0.15) is 4.31 Å². The number of para-hydroxylation sites is 1. The number of amides is 3. The second-order valence-corrected chi connectivity index (χ2v) is 28.9. The highest BCUT2D eigenvalue weighted by atomic mass is 32.2. The number of thioether (sulfide) groups is 1.